The molecule has 208 valence electrons. The SMILES string of the molecule is COC(=O)C(CCN)Nc1ccc(Nc2nc(NC3(c4ccc(Cl)cc4)CC3)nc(OCC(F)(F)F)n2)cc1. The van der Waals surface area contributed by atoms with Gasteiger partial charge in [-0.25, -0.2) is 4.79 Å². The van der Waals surface area contributed by atoms with Crippen molar-refractivity contribution in [2.75, 3.05) is 36.2 Å². The lowest BCUT2D eigenvalue weighted by molar-refractivity contribution is -0.154. The molecule has 4 rings (SSSR count). The van der Waals surface area contributed by atoms with Crippen molar-refractivity contribution in [3.63, 3.8) is 0 Å². The van der Waals surface area contributed by atoms with E-state index in [-0.39, 0.29) is 11.9 Å². The number of carbonyl (C=O) groups excluding carboxylic acids is 1. The number of nitrogens with one attached hydrogen (secondary N) is 3. The van der Waals surface area contributed by atoms with Gasteiger partial charge in [-0.3, -0.25) is 0 Å². The molecule has 1 fully saturated rings. The van der Waals surface area contributed by atoms with Crippen LogP contribution in [0.25, 0.3) is 0 Å². The van der Waals surface area contributed by atoms with Crippen LogP contribution >= 0.6 is 11.6 Å². The molecule has 1 aromatic heterocycles. The molecule has 1 saturated carbocycles. The molecule has 0 spiro atoms. The molecule has 14 heteroatoms. The van der Waals surface area contributed by atoms with Crippen molar-refractivity contribution in [2.45, 2.75) is 37.0 Å². The molecule has 5 N–H and O–H groups in total. The summed E-state index contributed by atoms with van der Waals surface area (Å²) in [6.07, 6.45) is -2.64. The van der Waals surface area contributed by atoms with E-state index in [2.05, 4.69) is 30.9 Å². The van der Waals surface area contributed by atoms with Crippen LogP contribution in [0.5, 0.6) is 6.01 Å². The molecular weight excluding hydrogens is 539 g/mol. The summed E-state index contributed by atoms with van der Waals surface area (Å²) in [5.74, 6) is -0.405. The lowest BCUT2D eigenvalue weighted by atomic mass is 10.1. The number of nitrogens with zero attached hydrogens (tertiary/aromatic N) is 3. The zero-order valence-electron chi connectivity index (χ0n) is 20.9. The summed E-state index contributed by atoms with van der Waals surface area (Å²) in [7, 11) is 1.30. The Morgan fingerprint density at radius 3 is 2.28 bits per heavy atom. The monoisotopic (exact) mass is 565 g/mol. The fourth-order valence-electron chi connectivity index (χ4n) is 3.81. The van der Waals surface area contributed by atoms with Crippen molar-refractivity contribution < 1.29 is 27.4 Å². The van der Waals surface area contributed by atoms with E-state index >= 15 is 0 Å². The van der Waals surface area contributed by atoms with E-state index in [0.717, 1.165) is 18.4 Å². The fourth-order valence-corrected chi connectivity index (χ4v) is 3.94. The van der Waals surface area contributed by atoms with E-state index < -0.39 is 36.3 Å². The number of hydrogen-bond donors (Lipinski definition) is 4. The minimum absolute atomic E-state index is 0.0205. The number of esters is 1. The van der Waals surface area contributed by atoms with Gasteiger partial charge in [0.05, 0.1) is 12.6 Å². The quantitative estimate of drug-likeness (QED) is 0.230. The van der Waals surface area contributed by atoms with E-state index in [0.29, 0.717) is 29.4 Å². The Hall–Kier alpha value is -3.84. The molecule has 0 aliphatic heterocycles. The van der Waals surface area contributed by atoms with Crippen molar-refractivity contribution in [1.29, 1.82) is 0 Å². The Morgan fingerprint density at radius 1 is 1.05 bits per heavy atom. The van der Waals surface area contributed by atoms with Gasteiger partial charge in [0.1, 0.15) is 6.04 Å². The van der Waals surface area contributed by atoms with Crippen LogP contribution in [-0.2, 0) is 15.1 Å². The number of rotatable bonds is 12. The average molecular weight is 566 g/mol. The normalized spacial score (nSPS) is 14.7. The summed E-state index contributed by atoms with van der Waals surface area (Å²) < 4.78 is 48.0. The number of ether oxygens (including phenoxy) is 2. The van der Waals surface area contributed by atoms with Gasteiger partial charge in [0.15, 0.2) is 6.61 Å². The molecule has 39 heavy (non-hydrogen) atoms. The first-order valence-corrected chi connectivity index (χ1v) is 12.4. The molecule has 10 nitrogen and oxygen atoms in total. The van der Waals surface area contributed by atoms with Gasteiger partial charge in [-0.2, -0.15) is 28.1 Å². The van der Waals surface area contributed by atoms with Crippen LogP contribution in [0.2, 0.25) is 5.02 Å². The summed E-state index contributed by atoms with van der Waals surface area (Å²) in [5.41, 5.74) is 7.22. The van der Waals surface area contributed by atoms with Crippen LogP contribution in [0, 0.1) is 0 Å². The van der Waals surface area contributed by atoms with Crippen LogP contribution in [0.4, 0.5) is 36.4 Å². The smallest absolute Gasteiger partial charge is 0.422 e. The van der Waals surface area contributed by atoms with E-state index in [1.54, 1.807) is 36.4 Å². The zero-order valence-corrected chi connectivity index (χ0v) is 21.6. The first-order valence-electron chi connectivity index (χ1n) is 12.0. The van der Waals surface area contributed by atoms with Gasteiger partial charge in [-0.05, 0) is 67.8 Å². The Labute approximate surface area is 227 Å². The molecule has 3 aromatic rings. The van der Waals surface area contributed by atoms with Gasteiger partial charge in [-0.15, -0.1) is 0 Å². The number of hydrogen-bond acceptors (Lipinski definition) is 10. The zero-order chi connectivity index (χ0) is 28.0. The average Bonchev–Trinajstić information content (AvgIpc) is 3.68. The number of halogens is 4. The van der Waals surface area contributed by atoms with Crippen LogP contribution in [0.1, 0.15) is 24.8 Å². The number of carbonyl (C=O) groups is 1. The minimum atomic E-state index is -4.57. The second-order valence-corrected chi connectivity index (χ2v) is 9.32. The summed E-state index contributed by atoms with van der Waals surface area (Å²) in [6, 6.07) is 12.9. The second-order valence-electron chi connectivity index (χ2n) is 8.88. The Kier molecular flexibility index (Phi) is 8.60. The molecular formula is C25H27ClF3N7O3. The van der Waals surface area contributed by atoms with Gasteiger partial charge in [-0.1, -0.05) is 23.7 Å². The molecule has 1 aliphatic rings. The number of anilines is 4. The molecule has 0 saturated heterocycles. The van der Waals surface area contributed by atoms with E-state index in [1.165, 1.54) is 7.11 Å². The summed E-state index contributed by atoms with van der Waals surface area (Å²) in [6.45, 7) is -1.26. The molecule has 0 radical (unpaired) electrons. The lowest BCUT2D eigenvalue weighted by Gasteiger charge is -2.19. The highest BCUT2D eigenvalue weighted by molar-refractivity contribution is 6.30. The highest BCUT2D eigenvalue weighted by Gasteiger charge is 2.45. The number of alkyl halides is 3. The van der Waals surface area contributed by atoms with Crippen molar-refractivity contribution >= 4 is 40.8 Å². The molecule has 2 aromatic carbocycles. The number of benzene rings is 2. The summed E-state index contributed by atoms with van der Waals surface area (Å²) in [5, 5.41) is 9.81. The highest BCUT2D eigenvalue weighted by Crippen LogP contribution is 2.48. The van der Waals surface area contributed by atoms with E-state index in [1.807, 2.05) is 12.1 Å². The van der Waals surface area contributed by atoms with Crippen LogP contribution in [0.3, 0.4) is 0 Å². The molecule has 1 heterocycles. The minimum Gasteiger partial charge on any atom is -0.467 e. The molecule has 0 bridgehead atoms. The Morgan fingerprint density at radius 2 is 1.69 bits per heavy atom. The third-order valence-electron chi connectivity index (χ3n) is 5.90. The number of methoxy groups -OCH3 is 1. The van der Waals surface area contributed by atoms with Gasteiger partial charge >= 0.3 is 18.2 Å². The maximum absolute atomic E-state index is 12.8. The molecule has 0 amide bonds. The standard InChI is InChI=1S/C25H27ClF3N7O3/c1-38-20(37)19(10-13-30)31-17-6-8-18(9-7-17)32-21-33-22(35-23(34-21)39-14-25(27,28)29)36-24(11-12-24)15-2-4-16(26)5-3-15/h2-9,19,31H,10-14,30H2,1H3,(H2,32,33,34,35,36). The summed E-state index contributed by atoms with van der Waals surface area (Å²) in [4.78, 5) is 24.3. The van der Waals surface area contributed by atoms with Gasteiger partial charge in [0.2, 0.25) is 11.9 Å². The molecule has 1 unspecified atom stereocenters. The summed E-state index contributed by atoms with van der Waals surface area (Å²) >= 11 is 6.00. The first kappa shape index (κ1) is 28.2. The third-order valence-corrected chi connectivity index (χ3v) is 6.15. The van der Waals surface area contributed by atoms with Gasteiger partial charge < -0.3 is 31.2 Å². The van der Waals surface area contributed by atoms with Crippen LogP contribution in [-0.4, -0.2) is 53.4 Å². The van der Waals surface area contributed by atoms with Crippen molar-refractivity contribution in [2.24, 2.45) is 5.73 Å². The van der Waals surface area contributed by atoms with E-state index in [9.17, 15) is 18.0 Å². The van der Waals surface area contributed by atoms with Crippen LogP contribution < -0.4 is 26.4 Å². The van der Waals surface area contributed by atoms with E-state index in [4.69, 9.17) is 26.8 Å². The lowest BCUT2D eigenvalue weighted by Crippen LogP contribution is -2.32. The maximum atomic E-state index is 12.8. The predicted molar refractivity (Wildman–Crippen MR) is 140 cm³/mol. The largest absolute Gasteiger partial charge is 0.467 e. The van der Waals surface area contributed by atoms with Gasteiger partial charge in [0.25, 0.3) is 0 Å². The predicted octanol–water partition coefficient (Wildman–Crippen LogP) is 4.61. The first-order chi connectivity index (χ1) is 18.6. The number of nitrogens with two attached hydrogens (primary N) is 1. The molecule has 1 atom stereocenters. The second kappa shape index (κ2) is 11.9. The topological polar surface area (TPSA) is 136 Å². The third kappa shape index (κ3) is 7.83. The van der Waals surface area contributed by atoms with Crippen molar-refractivity contribution in [3.05, 3.63) is 59.1 Å². The highest BCUT2D eigenvalue weighted by atomic mass is 35.5. The van der Waals surface area contributed by atoms with Gasteiger partial charge in [0, 0.05) is 16.4 Å². The number of aromatic nitrogens is 3. The Balaban J connectivity index is 1.53. The molecule has 1 aliphatic carbocycles. The van der Waals surface area contributed by atoms with Crippen molar-refractivity contribution in [3.8, 4) is 6.01 Å². The Bertz CT molecular complexity index is 1270. The maximum Gasteiger partial charge on any atom is 0.422 e. The fraction of sp³-hybridized carbons (Fsp3) is 0.360. The van der Waals surface area contributed by atoms with Crippen molar-refractivity contribution in [1.82, 2.24) is 15.0 Å². The van der Waals surface area contributed by atoms with Crippen LogP contribution in [0.15, 0.2) is 48.5 Å².